The van der Waals surface area contributed by atoms with E-state index in [-0.39, 0.29) is 5.82 Å². The van der Waals surface area contributed by atoms with Crippen LogP contribution in [0, 0.1) is 5.82 Å². The first-order valence-electron chi connectivity index (χ1n) is 4.85. The maximum Gasteiger partial charge on any atom is 0.141 e. The molecule has 4 heteroatoms. The zero-order chi connectivity index (χ0) is 9.97. The second-order valence-corrected chi connectivity index (χ2v) is 3.61. The number of rotatable bonds is 4. The van der Waals surface area contributed by atoms with Crippen LogP contribution < -0.4 is 10.6 Å². The van der Waals surface area contributed by atoms with Crippen LogP contribution in [0.1, 0.15) is 18.4 Å². The number of pyridine rings is 1. The van der Waals surface area contributed by atoms with Gasteiger partial charge in [-0.05, 0) is 26.0 Å². The van der Waals surface area contributed by atoms with Crippen LogP contribution in [0.5, 0.6) is 0 Å². The third-order valence-electron chi connectivity index (χ3n) is 2.22. The van der Waals surface area contributed by atoms with Crippen LogP contribution in [-0.2, 0) is 6.54 Å². The number of aromatic nitrogens is 1. The largest absolute Gasteiger partial charge is 0.367 e. The van der Waals surface area contributed by atoms with Crippen molar-refractivity contribution in [2.45, 2.75) is 25.4 Å². The summed E-state index contributed by atoms with van der Waals surface area (Å²) in [6.45, 7) is 0.639. The summed E-state index contributed by atoms with van der Waals surface area (Å²) in [6, 6.07) is 2.07. The highest BCUT2D eigenvalue weighted by Gasteiger charge is 2.22. The molecule has 1 aliphatic rings. The minimum Gasteiger partial charge on any atom is -0.367 e. The second-order valence-electron chi connectivity index (χ2n) is 3.61. The Labute approximate surface area is 82.7 Å². The molecule has 1 aliphatic carbocycles. The van der Waals surface area contributed by atoms with Crippen molar-refractivity contribution >= 4 is 5.82 Å². The van der Waals surface area contributed by atoms with Crippen molar-refractivity contribution in [1.29, 1.82) is 0 Å². The molecule has 1 aromatic heterocycles. The zero-order valence-corrected chi connectivity index (χ0v) is 8.18. The van der Waals surface area contributed by atoms with E-state index < -0.39 is 0 Å². The molecular weight excluding hydrogens is 181 g/mol. The van der Waals surface area contributed by atoms with E-state index in [0.29, 0.717) is 12.6 Å². The number of nitrogens with zero attached hydrogens (tertiary/aromatic N) is 1. The summed E-state index contributed by atoms with van der Waals surface area (Å²) in [5, 5.41) is 6.28. The molecule has 2 rings (SSSR count). The van der Waals surface area contributed by atoms with Gasteiger partial charge in [-0.25, -0.2) is 9.37 Å². The van der Waals surface area contributed by atoms with Gasteiger partial charge in [0.25, 0.3) is 0 Å². The Morgan fingerprint density at radius 1 is 1.57 bits per heavy atom. The van der Waals surface area contributed by atoms with Gasteiger partial charge in [-0.3, -0.25) is 0 Å². The molecule has 0 bridgehead atoms. The summed E-state index contributed by atoms with van der Waals surface area (Å²) in [4.78, 5) is 4.05. The molecule has 3 nitrogen and oxygen atoms in total. The van der Waals surface area contributed by atoms with Gasteiger partial charge in [0.15, 0.2) is 0 Å². The Balaban J connectivity index is 2.17. The first-order valence-corrected chi connectivity index (χ1v) is 4.85. The zero-order valence-electron chi connectivity index (χ0n) is 8.18. The van der Waals surface area contributed by atoms with Crippen LogP contribution >= 0.6 is 0 Å². The lowest BCUT2D eigenvalue weighted by Crippen LogP contribution is -2.12. The van der Waals surface area contributed by atoms with Crippen LogP contribution in [0.4, 0.5) is 10.2 Å². The van der Waals surface area contributed by atoms with E-state index in [1.807, 2.05) is 7.05 Å². The van der Waals surface area contributed by atoms with Crippen molar-refractivity contribution in [3.8, 4) is 0 Å². The average Bonchev–Trinajstić information content (AvgIpc) is 2.94. The summed E-state index contributed by atoms with van der Waals surface area (Å²) in [6.07, 6.45) is 3.64. The summed E-state index contributed by atoms with van der Waals surface area (Å²) < 4.78 is 12.9. The van der Waals surface area contributed by atoms with E-state index in [4.69, 9.17) is 0 Å². The van der Waals surface area contributed by atoms with Crippen LogP contribution in [0.25, 0.3) is 0 Å². The van der Waals surface area contributed by atoms with Crippen molar-refractivity contribution in [3.63, 3.8) is 0 Å². The van der Waals surface area contributed by atoms with Gasteiger partial charge in [-0.1, -0.05) is 0 Å². The highest BCUT2D eigenvalue weighted by atomic mass is 19.1. The van der Waals surface area contributed by atoms with E-state index in [9.17, 15) is 4.39 Å². The van der Waals surface area contributed by atoms with Crippen molar-refractivity contribution in [2.75, 3.05) is 12.4 Å². The molecular formula is C10H14FN3. The van der Waals surface area contributed by atoms with Crippen LogP contribution in [-0.4, -0.2) is 18.1 Å². The van der Waals surface area contributed by atoms with E-state index in [0.717, 1.165) is 11.4 Å². The Kier molecular flexibility index (Phi) is 2.63. The van der Waals surface area contributed by atoms with Gasteiger partial charge in [0, 0.05) is 18.2 Å². The number of anilines is 1. The number of nitrogens with one attached hydrogen (secondary N) is 2. The van der Waals surface area contributed by atoms with Gasteiger partial charge in [-0.2, -0.15) is 0 Å². The molecule has 0 aromatic carbocycles. The molecule has 0 saturated heterocycles. The van der Waals surface area contributed by atoms with Gasteiger partial charge < -0.3 is 10.6 Å². The lowest BCUT2D eigenvalue weighted by molar-refractivity contribution is 0.617. The highest BCUT2D eigenvalue weighted by Crippen LogP contribution is 2.25. The average molecular weight is 195 g/mol. The molecule has 1 saturated carbocycles. The molecule has 76 valence electrons. The van der Waals surface area contributed by atoms with E-state index in [2.05, 4.69) is 15.6 Å². The van der Waals surface area contributed by atoms with Gasteiger partial charge in [-0.15, -0.1) is 0 Å². The monoisotopic (exact) mass is 195 g/mol. The highest BCUT2D eigenvalue weighted by molar-refractivity contribution is 5.45. The molecule has 1 aromatic rings. The van der Waals surface area contributed by atoms with Gasteiger partial charge in [0.05, 0.1) is 6.20 Å². The molecule has 0 aliphatic heterocycles. The van der Waals surface area contributed by atoms with Crippen LogP contribution in [0.3, 0.4) is 0 Å². The Morgan fingerprint density at radius 2 is 2.36 bits per heavy atom. The molecule has 0 amide bonds. The lowest BCUT2D eigenvalue weighted by Gasteiger charge is -2.09. The fourth-order valence-corrected chi connectivity index (χ4v) is 1.36. The van der Waals surface area contributed by atoms with E-state index >= 15 is 0 Å². The van der Waals surface area contributed by atoms with E-state index in [1.165, 1.54) is 25.1 Å². The predicted octanol–water partition coefficient (Wildman–Crippen LogP) is 1.51. The minimum atomic E-state index is -0.281. The topological polar surface area (TPSA) is 37.0 Å². The molecule has 1 heterocycles. The first-order chi connectivity index (χ1) is 6.79. The molecule has 2 N–H and O–H groups in total. The maximum absolute atomic E-state index is 12.9. The van der Waals surface area contributed by atoms with Crippen molar-refractivity contribution in [3.05, 3.63) is 23.6 Å². The Bertz CT molecular complexity index is 323. The molecule has 0 spiro atoms. The Hall–Kier alpha value is -1.16. The van der Waals surface area contributed by atoms with Crippen molar-refractivity contribution in [1.82, 2.24) is 10.3 Å². The van der Waals surface area contributed by atoms with Gasteiger partial charge in [0.2, 0.25) is 0 Å². The van der Waals surface area contributed by atoms with Crippen molar-refractivity contribution < 1.29 is 4.39 Å². The molecule has 14 heavy (non-hydrogen) atoms. The normalized spacial score (nSPS) is 15.6. The number of halogens is 1. The van der Waals surface area contributed by atoms with E-state index in [1.54, 1.807) is 0 Å². The Morgan fingerprint density at radius 3 is 3.00 bits per heavy atom. The summed E-state index contributed by atoms with van der Waals surface area (Å²) >= 11 is 0. The second kappa shape index (κ2) is 3.92. The summed E-state index contributed by atoms with van der Waals surface area (Å²) in [5.41, 5.74) is 0.888. The molecule has 1 fully saturated rings. The molecule has 0 radical (unpaired) electrons. The van der Waals surface area contributed by atoms with Crippen LogP contribution in [0.15, 0.2) is 12.3 Å². The predicted molar refractivity (Wildman–Crippen MR) is 53.6 cm³/mol. The SMILES string of the molecule is CNCc1cc(F)cnc1NC1CC1. The summed E-state index contributed by atoms with van der Waals surface area (Å²) in [5.74, 6) is 0.528. The molecule has 0 unspecified atom stereocenters. The third kappa shape index (κ3) is 2.20. The van der Waals surface area contributed by atoms with Crippen molar-refractivity contribution in [2.24, 2.45) is 0 Å². The number of hydrogen-bond acceptors (Lipinski definition) is 3. The fourth-order valence-electron chi connectivity index (χ4n) is 1.36. The smallest absolute Gasteiger partial charge is 0.141 e. The first kappa shape index (κ1) is 9.40. The van der Waals surface area contributed by atoms with Gasteiger partial charge >= 0.3 is 0 Å². The summed E-state index contributed by atoms with van der Waals surface area (Å²) in [7, 11) is 1.84. The minimum absolute atomic E-state index is 0.281. The fraction of sp³-hybridized carbons (Fsp3) is 0.500. The maximum atomic E-state index is 12.9. The van der Waals surface area contributed by atoms with Gasteiger partial charge in [0.1, 0.15) is 11.6 Å². The molecule has 0 atom stereocenters. The quantitative estimate of drug-likeness (QED) is 0.764. The standard InChI is InChI=1S/C10H14FN3/c1-12-5-7-4-8(11)6-13-10(7)14-9-2-3-9/h4,6,9,12H,2-3,5H2,1H3,(H,13,14). The van der Waals surface area contributed by atoms with Crippen LogP contribution in [0.2, 0.25) is 0 Å². The third-order valence-corrected chi connectivity index (χ3v) is 2.22. The lowest BCUT2D eigenvalue weighted by atomic mass is 10.2. The number of hydrogen-bond donors (Lipinski definition) is 2.